The highest BCUT2D eigenvalue weighted by Gasteiger charge is 2.23. The van der Waals surface area contributed by atoms with Crippen molar-refractivity contribution in [2.24, 2.45) is 0 Å². The number of carbonyl (C=O) groups is 2. The van der Waals surface area contributed by atoms with Gasteiger partial charge in [-0.15, -0.1) is 0 Å². The van der Waals surface area contributed by atoms with Crippen LogP contribution in [-0.4, -0.2) is 37.4 Å². The van der Waals surface area contributed by atoms with Crippen molar-refractivity contribution in [3.8, 4) is 5.75 Å². The maximum Gasteiger partial charge on any atom is 0.411 e. The number of anilines is 1. The number of hydrogen-bond donors (Lipinski definition) is 2. The van der Waals surface area contributed by atoms with E-state index in [0.717, 1.165) is 60.6 Å². The molecule has 1 fully saturated rings. The molecule has 7 nitrogen and oxygen atoms in total. The minimum Gasteiger partial charge on any atom is -0.496 e. The average molecular weight is 465 g/mol. The van der Waals surface area contributed by atoms with Gasteiger partial charge in [-0.25, -0.2) is 9.59 Å². The molecule has 0 radical (unpaired) electrons. The van der Waals surface area contributed by atoms with Crippen LogP contribution in [0, 0.1) is 0 Å². The first-order valence-corrected chi connectivity index (χ1v) is 11.9. The van der Waals surface area contributed by atoms with E-state index in [0.29, 0.717) is 17.0 Å². The first-order valence-electron chi connectivity index (χ1n) is 11.9. The lowest BCUT2D eigenvalue weighted by Gasteiger charge is -2.20. The van der Waals surface area contributed by atoms with Crippen molar-refractivity contribution >= 4 is 28.7 Å². The molecule has 1 heterocycles. The quantitative estimate of drug-likeness (QED) is 0.377. The summed E-state index contributed by atoms with van der Waals surface area (Å²) >= 11 is 0. The molecular formula is C27H32N2O5. The number of rotatable bonds is 8. The predicted octanol–water partition coefficient (Wildman–Crippen LogP) is 6.39. The van der Waals surface area contributed by atoms with Crippen LogP contribution in [-0.2, 0) is 9.47 Å². The molecule has 1 amide bonds. The number of benzene rings is 2. The van der Waals surface area contributed by atoms with Crippen LogP contribution < -0.4 is 10.1 Å². The molecule has 180 valence electrons. The van der Waals surface area contributed by atoms with E-state index < -0.39 is 12.1 Å². The minimum atomic E-state index is -0.409. The molecular weight excluding hydrogens is 432 g/mol. The Kier molecular flexibility index (Phi) is 7.40. The molecule has 0 spiro atoms. The maximum absolute atomic E-state index is 12.4. The number of esters is 1. The van der Waals surface area contributed by atoms with E-state index in [1.54, 1.807) is 19.2 Å². The van der Waals surface area contributed by atoms with Gasteiger partial charge in [0.2, 0.25) is 0 Å². The van der Waals surface area contributed by atoms with E-state index in [4.69, 9.17) is 14.2 Å². The zero-order chi connectivity index (χ0) is 24.1. The van der Waals surface area contributed by atoms with E-state index in [2.05, 4.69) is 17.2 Å². The summed E-state index contributed by atoms with van der Waals surface area (Å²) in [5, 5.41) is 3.91. The van der Waals surface area contributed by atoms with E-state index in [1.807, 2.05) is 30.5 Å². The van der Waals surface area contributed by atoms with Crippen molar-refractivity contribution in [2.45, 2.75) is 57.5 Å². The van der Waals surface area contributed by atoms with Gasteiger partial charge in [-0.3, -0.25) is 5.32 Å². The summed E-state index contributed by atoms with van der Waals surface area (Å²) in [4.78, 5) is 27.7. The molecule has 1 aliphatic carbocycles. The van der Waals surface area contributed by atoms with Gasteiger partial charge in [0.05, 0.1) is 19.8 Å². The molecule has 1 atom stereocenters. The van der Waals surface area contributed by atoms with Crippen LogP contribution in [0.25, 0.3) is 10.9 Å². The minimum absolute atomic E-state index is 0.0147. The van der Waals surface area contributed by atoms with Crippen molar-refractivity contribution < 1.29 is 23.8 Å². The van der Waals surface area contributed by atoms with Gasteiger partial charge in [0.15, 0.2) is 0 Å². The summed E-state index contributed by atoms with van der Waals surface area (Å²) in [5.41, 5.74) is 4.23. The van der Waals surface area contributed by atoms with Crippen LogP contribution in [0.3, 0.4) is 0 Å². The third kappa shape index (κ3) is 5.03. The number of H-pyrrole nitrogens is 1. The molecule has 4 rings (SSSR count). The molecule has 1 aromatic heterocycles. The number of nitrogens with one attached hydrogen (secondary N) is 2. The molecule has 7 heteroatoms. The Labute approximate surface area is 199 Å². The van der Waals surface area contributed by atoms with Crippen LogP contribution in [0.2, 0.25) is 0 Å². The molecule has 3 aromatic rings. The fraction of sp³-hybridized carbons (Fsp3) is 0.407. The van der Waals surface area contributed by atoms with Gasteiger partial charge in [0.25, 0.3) is 0 Å². The summed E-state index contributed by atoms with van der Waals surface area (Å²) in [6, 6.07) is 11.3. The van der Waals surface area contributed by atoms with Crippen molar-refractivity contribution in [1.82, 2.24) is 4.98 Å². The standard InChI is InChI=1S/C27H32N2O5/c1-4-7-20(21-12-10-17(26(30)33-3)14-25(21)32-2)23-16-28-24-13-11-18(15-22(23)24)29-27(31)34-19-8-5-6-9-19/h10-16,19-20,28H,4-9H2,1-3H3,(H,29,31). The molecule has 0 bridgehead atoms. The Hall–Kier alpha value is -3.48. The molecule has 2 aromatic carbocycles. The molecule has 34 heavy (non-hydrogen) atoms. The van der Waals surface area contributed by atoms with Gasteiger partial charge >= 0.3 is 12.1 Å². The number of methoxy groups -OCH3 is 2. The normalized spacial score (nSPS) is 14.7. The average Bonchev–Trinajstić information content (AvgIpc) is 3.51. The number of aromatic nitrogens is 1. The van der Waals surface area contributed by atoms with Gasteiger partial charge in [0.1, 0.15) is 11.9 Å². The Bertz CT molecular complexity index is 1160. The number of aromatic amines is 1. The highest BCUT2D eigenvalue weighted by molar-refractivity contribution is 5.92. The van der Waals surface area contributed by atoms with Gasteiger partial charge in [0, 0.05) is 34.3 Å². The SMILES string of the molecule is CCCC(c1ccc(C(=O)OC)cc1OC)c1c[nH]c2ccc(NC(=O)OC3CCCC3)cc12. The van der Waals surface area contributed by atoms with Crippen LogP contribution in [0.15, 0.2) is 42.6 Å². The Morgan fingerprint density at radius 2 is 1.88 bits per heavy atom. The molecule has 2 N–H and O–H groups in total. The predicted molar refractivity (Wildman–Crippen MR) is 132 cm³/mol. The number of amides is 1. The summed E-state index contributed by atoms with van der Waals surface area (Å²) in [5.74, 6) is 0.287. The lowest BCUT2D eigenvalue weighted by molar-refractivity contribution is 0.0600. The second kappa shape index (κ2) is 10.6. The number of hydrogen-bond acceptors (Lipinski definition) is 5. The number of carbonyl (C=O) groups excluding carboxylic acids is 2. The highest BCUT2D eigenvalue weighted by Crippen LogP contribution is 2.39. The van der Waals surface area contributed by atoms with Gasteiger partial charge in [-0.2, -0.15) is 0 Å². The Morgan fingerprint density at radius 3 is 2.59 bits per heavy atom. The molecule has 1 aliphatic rings. The van der Waals surface area contributed by atoms with Crippen molar-refractivity contribution in [3.05, 3.63) is 59.3 Å². The van der Waals surface area contributed by atoms with Crippen LogP contribution >= 0.6 is 0 Å². The van der Waals surface area contributed by atoms with E-state index in [9.17, 15) is 9.59 Å². The van der Waals surface area contributed by atoms with E-state index >= 15 is 0 Å². The zero-order valence-corrected chi connectivity index (χ0v) is 20.0. The fourth-order valence-corrected chi connectivity index (χ4v) is 4.82. The second-order valence-corrected chi connectivity index (χ2v) is 8.73. The van der Waals surface area contributed by atoms with E-state index in [-0.39, 0.29) is 12.0 Å². The van der Waals surface area contributed by atoms with Crippen LogP contribution in [0.5, 0.6) is 5.75 Å². The van der Waals surface area contributed by atoms with Gasteiger partial charge < -0.3 is 19.2 Å². The van der Waals surface area contributed by atoms with Crippen LogP contribution in [0.1, 0.15) is 72.9 Å². The maximum atomic E-state index is 12.4. The third-order valence-corrected chi connectivity index (χ3v) is 6.52. The first-order chi connectivity index (χ1) is 16.5. The molecule has 1 unspecified atom stereocenters. The molecule has 0 saturated heterocycles. The van der Waals surface area contributed by atoms with Crippen molar-refractivity contribution in [2.75, 3.05) is 19.5 Å². The summed E-state index contributed by atoms with van der Waals surface area (Å²) in [6.07, 6.45) is 7.56. The zero-order valence-electron chi connectivity index (χ0n) is 20.0. The first kappa shape index (κ1) is 23.7. The van der Waals surface area contributed by atoms with Crippen molar-refractivity contribution in [3.63, 3.8) is 0 Å². The molecule has 0 aliphatic heterocycles. The fourth-order valence-electron chi connectivity index (χ4n) is 4.82. The van der Waals surface area contributed by atoms with Gasteiger partial charge in [-0.05, 0) is 68.0 Å². The van der Waals surface area contributed by atoms with E-state index in [1.165, 1.54) is 7.11 Å². The Morgan fingerprint density at radius 1 is 1.09 bits per heavy atom. The number of fused-ring (bicyclic) bond motifs is 1. The Balaban J connectivity index is 1.65. The monoisotopic (exact) mass is 464 g/mol. The smallest absolute Gasteiger partial charge is 0.411 e. The lowest BCUT2D eigenvalue weighted by Crippen LogP contribution is -2.20. The summed E-state index contributed by atoms with van der Waals surface area (Å²) in [7, 11) is 2.97. The highest BCUT2D eigenvalue weighted by atomic mass is 16.6. The topological polar surface area (TPSA) is 89.7 Å². The largest absolute Gasteiger partial charge is 0.496 e. The lowest BCUT2D eigenvalue weighted by atomic mass is 9.86. The third-order valence-electron chi connectivity index (χ3n) is 6.52. The second-order valence-electron chi connectivity index (χ2n) is 8.73. The molecule has 1 saturated carbocycles. The van der Waals surface area contributed by atoms with Crippen LogP contribution in [0.4, 0.5) is 10.5 Å². The summed E-state index contributed by atoms with van der Waals surface area (Å²) < 4.78 is 16.1. The summed E-state index contributed by atoms with van der Waals surface area (Å²) in [6.45, 7) is 2.14. The van der Waals surface area contributed by atoms with Crippen molar-refractivity contribution in [1.29, 1.82) is 0 Å². The van der Waals surface area contributed by atoms with Gasteiger partial charge in [-0.1, -0.05) is 19.4 Å². The number of ether oxygens (including phenoxy) is 3.